The summed E-state index contributed by atoms with van der Waals surface area (Å²) in [4.78, 5) is 16.2. The van der Waals surface area contributed by atoms with E-state index in [0.717, 1.165) is 5.52 Å². The SMILES string of the molecule is COc1cc(/C=N/NC(=O)CSc2nc3ccccc3o2)cc(OC)c1O. The zero-order chi connectivity index (χ0) is 19.2. The second-order valence-electron chi connectivity index (χ2n) is 5.30. The van der Waals surface area contributed by atoms with Crippen molar-refractivity contribution in [2.75, 3.05) is 20.0 Å². The van der Waals surface area contributed by atoms with Crippen LogP contribution in [0, 0.1) is 0 Å². The molecule has 3 aromatic rings. The van der Waals surface area contributed by atoms with Crippen molar-refractivity contribution in [1.29, 1.82) is 0 Å². The quantitative estimate of drug-likeness (QED) is 0.365. The van der Waals surface area contributed by atoms with Gasteiger partial charge in [0.05, 0.1) is 26.2 Å². The molecule has 0 aliphatic rings. The molecule has 0 saturated heterocycles. The molecule has 0 aliphatic heterocycles. The highest BCUT2D eigenvalue weighted by atomic mass is 32.2. The molecular weight excluding hydrogens is 370 g/mol. The lowest BCUT2D eigenvalue weighted by Crippen LogP contribution is -2.19. The fraction of sp³-hybridized carbons (Fsp3) is 0.167. The fourth-order valence-corrected chi connectivity index (χ4v) is 2.87. The number of para-hydroxylation sites is 2. The number of carbonyl (C=O) groups is 1. The Hall–Kier alpha value is -3.20. The molecule has 3 rings (SSSR count). The van der Waals surface area contributed by atoms with Crippen LogP contribution >= 0.6 is 11.8 Å². The molecule has 1 amide bonds. The number of hydrogen-bond acceptors (Lipinski definition) is 8. The summed E-state index contributed by atoms with van der Waals surface area (Å²) in [5.41, 5.74) is 4.43. The van der Waals surface area contributed by atoms with Gasteiger partial charge in [0.25, 0.3) is 11.1 Å². The van der Waals surface area contributed by atoms with Crippen LogP contribution in [0.1, 0.15) is 5.56 Å². The first kappa shape index (κ1) is 18.6. The molecule has 0 aliphatic carbocycles. The van der Waals surface area contributed by atoms with E-state index in [4.69, 9.17) is 13.9 Å². The number of hydrazone groups is 1. The number of phenols is 1. The predicted molar refractivity (Wildman–Crippen MR) is 102 cm³/mol. The van der Waals surface area contributed by atoms with Gasteiger partial charge in [-0.1, -0.05) is 23.9 Å². The molecule has 0 spiro atoms. The van der Waals surface area contributed by atoms with Gasteiger partial charge in [-0.2, -0.15) is 5.10 Å². The summed E-state index contributed by atoms with van der Waals surface area (Å²) in [5, 5.41) is 14.2. The van der Waals surface area contributed by atoms with Gasteiger partial charge in [-0.05, 0) is 24.3 Å². The molecule has 0 unspecified atom stereocenters. The highest BCUT2D eigenvalue weighted by molar-refractivity contribution is 7.99. The Bertz CT molecular complexity index is 928. The number of nitrogens with zero attached hydrogens (tertiary/aromatic N) is 2. The van der Waals surface area contributed by atoms with Crippen LogP contribution in [0.3, 0.4) is 0 Å². The van der Waals surface area contributed by atoms with Crippen molar-refractivity contribution in [3.63, 3.8) is 0 Å². The maximum absolute atomic E-state index is 11.9. The second-order valence-corrected chi connectivity index (χ2v) is 6.23. The van der Waals surface area contributed by atoms with Gasteiger partial charge in [0.1, 0.15) is 5.52 Å². The van der Waals surface area contributed by atoms with Crippen LogP contribution < -0.4 is 14.9 Å². The van der Waals surface area contributed by atoms with Crippen molar-refractivity contribution < 1.29 is 23.8 Å². The highest BCUT2D eigenvalue weighted by Crippen LogP contribution is 2.36. The van der Waals surface area contributed by atoms with Crippen molar-refractivity contribution in [3.8, 4) is 17.2 Å². The first-order valence-electron chi connectivity index (χ1n) is 7.86. The van der Waals surface area contributed by atoms with E-state index in [9.17, 15) is 9.90 Å². The summed E-state index contributed by atoms with van der Waals surface area (Å²) in [6.45, 7) is 0. The Labute approximate surface area is 159 Å². The van der Waals surface area contributed by atoms with E-state index in [1.54, 1.807) is 12.1 Å². The molecule has 27 heavy (non-hydrogen) atoms. The number of phenolic OH excluding ortho intramolecular Hbond substituents is 1. The monoisotopic (exact) mass is 387 g/mol. The topological polar surface area (TPSA) is 106 Å². The lowest BCUT2D eigenvalue weighted by molar-refractivity contribution is -0.118. The minimum atomic E-state index is -0.309. The summed E-state index contributed by atoms with van der Waals surface area (Å²) in [5.74, 6) is 0.182. The van der Waals surface area contributed by atoms with E-state index < -0.39 is 0 Å². The van der Waals surface area contributed by atoms with Gasteiger partial charge in [-0.15, -0.1) is 0 Å². The van der Waals surface area contributed by atoms with Gasteiger partial charge < -0.3 is 19.0 Å². The first-order chi connectivity index (χ1) is 13.1. The van der Waals surface area contributed by atoms with E-state index in [1.807, 2.05) is 24.3 Å². The number of fused-ring (bicyclic) bond motifs is 1. The lowest BCUT2D eigenvalue weighted by atomic mass is 10.2. The molecule has 1 heterocycles. The van der Waals surface area contributed by atoms with Gasteiger partial charge in [0, 0.05) is 5.56 Å². The van der Waals surface area contributed by atoms with Crippen molar-refractivity contribution >= 4 is 35.0 Å². The Morgan fingerprint density at radius 1 is 1.30 bits per heavy atom. The van der Waals surface area contributed by atoms with Crippen LogP contribution in [0.2, 0.25) is 0 Å². The number of aromatic hydroxyl groups is 1. The molecule has 0 bridgehead atoms. The van der Waals surface area contributed by atoms with E-state index in [1.165, 1.54) is 32.2 Å². The van der Waals surface area contributed by atoms with Gasteiger partial charge in [0.15, 0.2) is 17.1 Å². The largest absolute Gasteiger partial charge is 0.502 e. The van der Waals surface area contributed by atoms with Crippen molar-refractivity contribution in [1.82, 2.24) is 10.4 Å². The van der Waals surface area contributed by atoms with Crippen molar-refractivity contribution in [2.24, 2.45) is 5.10 Å². The molecule has 2 N–H and O–H groups in total. The van der Waals surface area contributed by atoms with E-state index in [-0.39, 0.29) is 28.9 Å². The third-order valence-electron chi connectivity index (χ3n) is 3.51. The standard InChI is InChI=1S/C18H17N3O5S/c1-24-14-7-11(8-15(25-2)17(14)23)9-19-21-16(22)10-27-18-20-12-5-3-4-6-13(12)26-18/h3-9,23H,10H2,1-2H3,(H,21,22)/b19-9+. The Kier molecular flexibility index (Phi) is 5.82. The van der Waals surface area contributed by atoms with Crippen LogP contribution in [-0.2, 0) is 4.79 Å². The minimum absolute atomic E-state index is 0.101. The molecule has 8 nitrogen and oxygen atoms in total. The molecule has 2 aromatic carbocycles. The molecule has 140 valence electrons. The number of oxazole rings is 1. The summed E-state index contributed by atoms with van der Waals surface area (Å²) < 4.78 is 15.7. The maximum atomic E-state index is 11.9. The van der Waals surface area contributed by atoms with Crippen LogP contribution in [0.5, 0.6) is 17.2 Å². The summed E-state index contributed by atoms with van der Waals surface area (Å²) >= 11 is 1.18. The third-order valence-corrected chi connectivity index (χ3v) is 4.33. The molecule has 9 heteroatoms. The lowest BCUT2D eigenvalue weighted by Gasteiger charge is -2.09. The number of methoxy groups -OCH3 is 2. The number of carbonyl (C=O) groups excluding carboxylic acids is 1. The molecule has 0 fully saturated rings. The average molecular weight is 387 g/mol. The number of ether oxygens (including phenoxy) is 2. The van der Waals surface area contributed by atoms with Crippen LogP contribution in [-0.4, -0.2) is 42.2 Å². The van der Waals surface area contributed by atoms with Gasteiger partial charge in [-0.3, -0.25) is 4.79 Å². The Balaban J connectivity index is 1.57. The zero-order valence-corrected chi connectivity index (χ0v) is 15.4. The maximum Gasteiger partial charge on any atom is 0.257 e. The molecule has 0 atom stereocenters. The van der Waals surface area contributed by atoms with E-state index >= 15 is 0 Å². The summed E-state index contributed by atoms with van der Waals surface area (Å²) in [7, 11) is 2.86. The van der Waals surface area contributed by atoms with E-state index in [0.29, 0.717) is 16.4 Å². The Morgan fingerprint density at radius 3 is 2.67 bits per heavy atom. The number of aromatic nitrogens is 1. The fourth-order valence-electron chi connectivity index (χ4n) is 2.24. The van der Waals surface area contributed by atoms with Crippen LogP contribution in [0.25, 0.3) is 11.1 Å². The molecule has 0 radical (unpaired) electrons. The number of hydrogen-bond donors (Lipinski definition) is 2. The average Bonchev–Trinajstić information content (AvgIpc) is 3.10. The van der Waals surface area contributed by atoms with Gasteiger partial charge in [-0.25, -0.2) is 10.4 Å². The number of rotatable bonds is 7. The number of benzene rings is 2. The number of thioether (sulfide) groups is 1. The summed E-state index contributed by atoms with van der Waals surface area (Å²) in [6.07, 6.45) is 1.42. The van der Waals surface area contributed by atoms with Gasteiger partial charge >= 0.3 is 0 Å². The first-order valence-corrected chi connectivity index (χ1v) is 8.84. The smallest absolute Gasteiger partial charge is 0.257 e. The van der Waals surface area contributed by atoms with Crippen LogP contribution in [0.15, 0.2) is 51.1 Å². The Morgan fingerprint density at radius 2 is 2.00 bits per heavy atom. The predicted octanol–water partition coefficient (Wildman–Crippen LogP) is 2.79. The second kappa shape index (κ2) is 8.45. The van der Waals surface area contributed by atoms with Crippen LogP contribution in [0.4, 0.5) is 0 Å². The van der Waals surface area contributed by atoms with Crippen molar-refractivity contribution in [2.45, 2.75) is 5.22 Å². The normalized spacial score (nSPS) is 11.0. The zero-order valence-electron chi connectivity index (χ0n) is 14.6. The third kappa shape index (κ3) is 4.50. The summed E-state index contributed by atoms with van der Waals surface area (Å²) in [6, 6.07) is 10.5. The minimum Gasteiger partial charge on any atom is -0.502 e. The molecule has 0 saturated carbocycles. The number of nitrogens with one attached hydrogen (secondary N) is 1. The van der Waals surface area contributed by atoms with E-state index in [2.05, 4.69) is 15.5 Å². The number of amides is 1. The van der Waals surface area contributed by atoms with Gasteiger partial charge in [0.2, 0.25) is 5.75 Å². The van der Waals surface area contributed by atoms with Crippen molar-refractivity contribution in [3.05, 3.63) is 42.0 Å². The molecular formula is C18H17N3O5S. The highest BCUT2D eigenvalue weighted by Gasteiger charge is 2.11. The molecule has 1 aromatic heterocycles.